The third-order valence-corrected chi connectivity index (χ3v) is 9.45. The summed E-state index contributed by atoms with van der Waals surface area (Å²) in [6.45, 7) is 3.57. The third kappa shape index (κ3) is 6.08. The number of hydrogen-bond donors (Lipinski definition) is 3. The molecular weight excluding hydrogens is 593 g/mol. The quantitative estimate of drug-likeness (QED) is 0.152. The number of fused-ring (bicyclic) bond motifs is 2. The Morgan fingerprint density at radius 3 is 2.68 bits per heavy atom. The van der Waals surface area contributed by atoms with Crippen LogP contribution < -0.4 is 10.1 Å². The summed E-state index contributed by atoms with van der Waals surface area (Å²) >= 11 is 0. The topological polar surface area (TPSA) is 112 Å². The van der Waals surface area contributed by atoms with E-state index < -0.39 is 0 Å². The molecule has 0 atom stereocenters. The molecule has 1 aliphatic carbocycles. The van der Waals surface area contributed by atoms with Crippen molar-refractivity contribution >= 4 is 33.4 Å². The van der Waals surface area contributed by atoms with Gasteiger partial charge in [0.25, 0.3) is 0 Å². The number of carbonyl (C=O) groups excluding carboxylic acids is 1. The Balaban J connectivity index is 1.08. The summed E-state index contributed by atoms with van der Waals surface area (Å²) in [5, 5.41) is 12.6. The number of anilines is 1. The van der Waals surface area contributed by atoms with Gasteiger partial charge in [0.2, 0.25) is 5.91 Å². The minimum atomic E-state index is -0.332. The zero-order valence-corrected chi connectivity index (χ0v) is 26.1. The summed E-state index contributed by atoms with van der Waals surface area (Å²) in [5.41, 5.74) is 7.11. The lowest BCUT2D eigenvalue weighted by Gasteiger charge is -2.15. The molecule has 0 bridgehead atoms. The lowest BCUT2D eigenvalue weighted by atomic mass is 10.0. The van der Waals surface area contributed by atoms with E-state index in [0.29, 0.717) is 18.0 Å². The zero-order valence-electron chi connectivity index (χ0n) is 26.1. The van der Waals surface area contributed by atoms with Crippen molar-refractivity contribution in [3.05, 3.63) is 79.0 Å². The van der Waals surface area contributed by atoms with Crippen molar-refractivity contribution in [1.29, 1.82) is 0 Å². The van der Waals surface area contributed by atoms with Crippen LogP contribution >= 0.6 is 0 Å². The maximum absolute atomic E-state index is 14.8. The lowest BCUT2D eigenvalue weighted by molar-refractivity contribution is -0.119. The Bertz CT molecular complexity index is 2070. The number of nitrogens with one attached hydrogen (secondary N) is 3. The Labute approximate surface area is 271 Å². The number of aromatic amines is 2. The highest BCUT2D eigenvalue weighted by molar-refractivity contribution is 6.01. The molecule has 8 rings (SSSR count). The number of pyridine rings is 2. The van der Waals surface area contributed by atoms with E-state index in [1.54, 1.807) is 24.7 Å². The maximum atomic E-state index is 14.8. The Morgan fingerprint density at radius 1 is 0.936 bits per heavy atom. The van der Waals surface area contributed by atoms with Crippen LogP contribution in [-0.4, -0.2) is 62.2 Å². The fourth-order valence-electron chi connectivity index (χ4n) is 7.00. The first-order chi connectivity index (χ1) is 23.1. The van der Waals surface area contributed by atoms with Gasteiger partial charge in [0.05, 0.1) is 35.0 Å². The van der Waals surface area contributed by atoms with Gasteiger partial charge in [-0.3, -0.25) is 24.8 Å². The molecule has 5 heterocycles. The minimum Gasteiger partial charge on any atom is -0.492 e. The van der Waals surface area contributed by atoms with Crippen LogP contribution in [-0.2, 0) is 4.79 Å². The number of rotatable bonds is 9. The van der Waals surface area contributed by atoms with Crippen LogP contribution in [0, 0.1) is 11.7 Å². The number of likely N-dealkylation sites (tertiary alicyclic amines) is 1. The molecular formula is C37H36FN7O2. The zero-order chi connectivity index (χ0) is 31.7. The monoisotopic (exact) mass is 629 g/mol. The standard InChI is InChI=1S/C37H36FN7O2/c38-26-14-24(16-28(17-26)47-13-12-45-10-3-4-11-45)29-8-5-9-32-30(29)18-34(42-32)36-31-19-33(40-22-35(31)43-44-36)25-15-27(21-39-20-25)41-37(46)23-6-1-2-7-23/h5,8-9,14-23,42H,1-4,6-7,10-13H2,(H,41,46)(H,43,44). The van der Waals surface area contributed by atoms with Crippen LogP contribution in [0.1, 0.15) is 38.5 Å². The smallest absolute Gasteiger partial charge is 0.227 e. The van der Waals surface area contributed by atoms with Gasteiger partial charge in [-0.2, -0.15) is 5.10 Å². The molecule has 9 nitrogen and oxygen atoms in total. The number of hydrogen-bond acceptors (Lipinski definition) is 6. The highest BCUT2D eigenvalue weighted by Gasteiger charge is 2.23. The lowest BCUT2D eigenvalue weighted by Crippen LogP contribution is -2.25. The average Bonchev–Trinajstić information content (AvgIpc) is 3.91. The molecule has 6 aromatic rings. The van der Waals surface area contributed by atoms with Crippen molar-refractivity contribution in [3.63, 3.8) is 0 Å². The number of H-pyrrole nitrogens is 2. The molecule has 2 fully saturated rings. The third-order valence-electron chi connectivity index (χ3n) is 9.45. The molecule has 0 radical (unpaired) electrons. The fraction of sp³-hybridized carbons (Fsp3) is 0.297. The Hall–Kier alpha value is -5.09. The van der Waals surface area contributed by atoms with Gasteiger partial charge in [0.1, 0.15) is 23.9 Å². The number of ether oxygens (including phenoxy) is 1. The van der Waals surface area contributed by atoms with E-state index in [2.05, 4.69) is 41.4 Å². The number of halogens is 1. The first-order valence-corrected chi connectivity index (χ1v) is 16.5. The van der Waals surface area contributed by atoms with Crippen molar-refractivity contribution in [2.75, 3.05) is 31.6 Å². The van der Waals surface area contributed by atoms with E-state index >= 15 is 0 Å². The molecule has 2 aliphatic rings. The normalized spacial score (nSPS) is 15.6. The molecule has 1 amide bonds. The number of carbonyl (C=O) groups is 1. The first kappa shape index (κ1) is 29.3. The summed E-state index contributed by atoms with van der Waals surface area (Å²) < 4.78 is 20.8. The molecule has 238 valence electrons. The van der Waals surface area contributed by atoms with Crippen molar-refractivity contribution in [3.8, 4) is 39.5 Å². The molecule has 0 unspecified atom stereocenters. The Morgan fingerprint density at radius 2 is 1.81 bits per heavy atom. The number of aromatic nitrogens is 5. The summed E-state index contributed by atoms with van der Waals surface area (Å²) in [5.74, 6) is 0.322. The summed E-state index contributed by atoms with van der Waals surface area (Å²) in [6.07, 6.45) is 11.7. The van der Waals surface area contributed by atoms with E-state index in [0.717, 1.165) is 101 Å². The molecule has 0 spiro atoms. The van der Waals surface area contributed by atoms with Crippen molar-refractivity contribution < 1.29 is 13.9 Å². The van der Waals surface area contributed by atoms with Crippen molar-refractivity contribution in [1.82, 2.24) is 30.0 Å². The molecule has 2 aromatic carbocycles. The van der Waals surface area contributed by atoms with Gasteiger partial charge < -0.3 is 15.0 Å². The molecule has 47 heavy (non-hydrogen) atoms. The largest absolute Gasteiger partial charge is 0.492 e. The maximum Gasteiger partial charge on any atom is 0.227 e. The average molecular weight is 630 g/mol. The van der Waals surface area contributed by atoms with Gasteiger partial charge in [-0.05, 0) is 86.3 Å². The van der Waals surface area contributed by atoms with Crippen LogP contribution in [0.3, 0.4) is 0 Å². The second-order valence-electron chi connectivity index (χ2n) is 12.6. The molecule has 4 aromatic heterocycles. The van der Waals surface area contributed by atoms with Gasteiger partial charge in [-0.15, -0.1) is 0 Å². The second kappa shape index (κ2) is 12.6. The van der Waals surface area contributed by atoms with Crippen LogP contribution in [0.2, 0.25) is 0 Å². The summed E-state index contributed by atoms with van der Waals surface area (Å²) in [4.78, 5) is 27.6. The number of amides is 1. The van der Waals surface area contributed by atoms with Crippen molar-refractivity contribution in [2.45, 2.75) is 38.5 Å². The van der Waals surface area contributed by atoms with E-state index in [9.17, 15) is 9.18 Å². The van der Waals surface area contributed by atoms with E-state index in [1.807, 2.05) is 36.4 Å². The highest BCUT2D eigenvalue weighted by Crippen LogP contribution is 2.36. The van der Waals surface area contributed by atoms with Gasteiger partial charge in [-0.1, -0.05) is 25.0 Å². The van der Waals surface area contributed by atoms with Crippen molar-refractivity contribution in [2.24, 2.45) is 5.92 Å². The fourth-order valence-corrected chi connectivity index (χ4v) is 7.00. The van der Waals surface area contributed by atoms with Crippen LogP contribution in [0.25, 0.3) is 55.6 Å². The second-order valence-corrected chi connectivity index (χ2v) is 12.6. The summed E-state index contributed by atoms with van der Waals surface area (Å²) in [7, 11) is 0. The van der Waals surface area contributed by atoms with Crippen LogP contribution in [0.15, 0.2) is 73.2 Å². The minimum absolute atomic E-state index is 0.0553. The number of nitrogens with zero attached hydrogens (tertiary/aromatic N) is 4. The summed E-state index contributed by atoms with van der Waals surface area (Å²) in [6, 6.07) is 16.8. The molecule has 1 saturated carbocycles. The van der Waals surface area contributed by atoms with Gasteiger partial charge in [0.15, 0.2) is 0 Å². The van der Waals surface area contributed by atoms with E-state index in [-0.39, 0.29) is 17.6 Å². The highest BCUT2D eigenvalue weighted by atomic mass is 19.1. The predicted octanol–water partition coefficient (Wildman–Crippen LogP) is 7.58. The molecule has 3 N–H and O–H groups in total. The van der Waals surface area contributed by atoms with Gasteiger partial charge in [-0.25, -0.2) is 4.39 Å². The molecule has 10 heteroatoms. The van der Waals surface area contributed by atoms with E-state index in [1.165, 1.54) is 18.9 Å². The van der Waals surface area contributed by atoms with Crippen LogP contribution in [0.5, 0.6) is 5.75 Å². The van der Waals surface area contributed by atoms with Gasteiger partial charge >= 0.3 is 0 Å². The molecule has 1 aliphatic heterocycles. The van der Waals surface area contributed by atoms with E-state index in [4.69, 9.17) is 4.74 Å². The first-order valence-electron chi connectivity index (χ1n) is 16.5. The number of benzene rings is 2. The van der Waals surface area contributed by atoms with Gasteiger partial charge in [0, 0.05) is 46.6 Å². The molecule has 1 saturated heterocycles. The Kier molecular flexibility index (Phi) is 7.86. The SMILES string of the molecule is O=C(Nc1cncc(-c2cc3c(-c4cc5c(-c6cc(F)cc(OCCN7CCCC7)c6)cccc5[nH]4)n[nH]c3cn2)c1)C1CCCC1. The predicted molar refractivity (Wildman–Crippen MR) is 182 cm³/mol. The van der Waals surface area contributed by atoms with Crippen LogP contribution in [0.4, 0.5) is 10.1 Å².